The van der Waals surface area contributed by atoms with Crippen LogP contribution >= 0.6 is 0 Å². The largest absolute Gasteiger partial charge is 0.394 e. The van der Waals surface area contributed by atoms with Gasteiger partial charge in [-0.15, -0.1) is 0 Å². The quantitative estimate of drug-likeness (QED) is 0.762. The van der Waals surface area contributed by atoms with E-state index >= 15 is 0 Å². The minimum Gasteiger partial charge on any atom is -0.394 e. The molecule has 1 aromatic rings. The lowest BCUT2D eigenvalue weighted by Gasteiger charge is -2.13. The number of carbonyl (C=O) groups excluding carboxylic acids is 1. The monoisotopic (exact) mass is 210 g/mol. The number of aliphatic hydroxyl groups excluding tert-OH is 1. The molecular formula is C10H11FN2O2. The Balaban J connectivity index is 2.08. The average Bonchev–Trinajstić information content (AvgIpc) is 2.98. The lowest BCUT2D eigenvalue weighted by atomic mass is 10.2. The molecule has 1 amide bonds. The van der Waals surface area contributed by atoms with Crippen LogP contribution in [-0.4, -0.2) is 28.1 Å². The van der Waals surface area contributed by atoms with Crippen molar-refractivity contribution in [3.05, 3.63) is 29.8 Å². The maximum Gasteiger partial charge on any atom is 0.253 e. The van der Waals surface area contributed by atoms with E-state index in [1.807, 2.05) is 0 Å². The van der Waals surface area contributed by atoms with Gasteiger partial charge in [0.1, 0.15) is 5.82 Å². The van der Waals surface area contributed by atoms with Crippen molar-refractivity contribution >= 4 is 5.91 Å². The minimum absolute atomic E-state index is 0.0819. The Morgan fingerprint density at radius 2 is 2.33 bits per heavy atom. The van der Waals surface area contributed by atoms with Crippen molar-refractivity contribution in [3.8, 4) is 0 Å². The van der Waals surface area contributed by atoms with Gasteiger partial charge in [-0.3, -0.25) is 9.78 Å². The highest BCUT2D eigenvalue weighted by molar-refractivity contribution is 5.94. The Labute approximate surface area is 86.1 Å². The topological polar surface area (TPSA) is 62.2 Å². The number of halogens is 1. The summed E-state index contributed by atoms with van der Waals surface area (Å²) in [6.07, 6.45) is 3.86. The molecule has 1 aliphatic rings. The average molecular weight is 210 g/mol. The van der Waals surface area contributed by atoms with Crippen molar-refractivity contribution in [3.63, 3.8) is 0 Å². The molecule has 1 fully saturated rings. The predicted octanol–water partition coefficient (Wildman–Crippen LogP) is 0.475. The van der Waals surface area contributed by atoms with Crippen LogP contribution in [0.15, 0.2) is 18.5 Å². The summed E-state index contributed by atoms with van der Waals surface area (Å²) >= 11 is 0. The van der Waals surface area contributed by atoms with E-state index < -0.39 is 17.3 Å². The summed E-state index contributed by atoms with van der Waals surface area (Å²) in [5.41, 5.74) is -0.307. The molecule has 4 nitrogen and oxygen atoms in total. The summed E-state index contributed by atoms with van der Waals surface area (Å²) in [6, 6.07) is 1.12. The number of aromatic nitrogens is 1. The number of nitrogens with one attached hydrogen (secondary N) is 1. The molecule has 0 atom stereocenters. The van der Waals surface area contributed by atoms with E-state index in [1.165, 1.54) is 6.20 Å². The summed E-state index contributed by atoms with van der Waals surface area (Å²) in [5, 5.41) is 11.7. The van der Waals surface area contributed by atoms with Crippen LogP contribution in [-0.2, 0) is 0 Å². The van der Waals surface area contributed by atoms with Gasteiger partial charge in [0.05, 0.1) is 23.9 Å². The van der Waals surface area contributed by atoms with Gasteiger partial charge >= 0.3 is 0 Å². The molecule has 0 bridgehead atoms. The first-order chi connectivity index (χ1) is 7.15. The second-order valence-corrected chi connectivity index (χ2v) is 3.78. The van der Waals surface area contributed by atoms with Crippen LogP contribution in [0.1, 0.15) is 23.2 Å². The lowest BCUT2D eigenvalue weighted by Crippen LogP contribution is -2.39. The van der Waals surface area contributed by atoms with E-state index in [2.05, 4.69) is 10.3 Å². The van der Waals surface area contributed by atoms with Crippen LogP contribution in [0.25, 0.3) is 0 Å². The maximum absolute atomic E-state index is 12.8. The third-order valence-electron chi connectivity index (χ3n) is 2.50. The Bertz CT molecular complexity index is 391. The first kappa shape index (κ1) is 10.0. The van der Waals surface area contributed by atoms with Crippen LogP contribution in [0, 0.1) is 5.82 Å². The van der Waals surface area contributed by atoms with E-state index in [0.29, 0.717) is 0 Å². The van der Waals surface area contributed by atoms with Crippen molar-refractivity contribution < 1.29 is 14.3 Å². The Morgan fingerprint density at radius 1 is 1.60 bits per heavy atom. The van der Waals surface area contributed by atoms with E-state index in [1.54, 1.807) is 0 Å². The van der Waals surface area contributed by atoms with E-state index in [9.17, 15) is 9.18 Å². The van der Waals surface area contributed by atoms with Gasteiger partial charge in [-0.2, -0.15) is 0 Å². The van der Waals surface area contributed by atoms with Gasteiger partial charge in [0.2, 0.25) is 0 Å². The van der Waals surface area contributed by atoms with Crippen molar-refractivity contribution in [2.24, 2.45) is 0 Å². The third kappa shape index (κ3) is 2.12. The number of pyridine rings is 1. The number of hydrogen-bond acceptors (Lipinski definition) is 3. The molecule has 1 aliphatic carbocycles. The molecule has 2 N–H and O–H groups in total. The van der Waals surface area contributed by atoms with Gasteiger partial charge < -0.3 is 10.4 Å². The molecule has 0 spiro atoms. The predicted molar refractivity (Wildman–Crippen MR) is 50.7 cm³/mol. The third-order valence-corrected chi connectivity index (χ3v) is 2.50. The highest BCUT2D eigenvalue weighted by Crippen LogP contribution is 2.34. The number of nitrogens with zero attached hydrogens (tertiary/aromatic N) is 1. The zero-order chi connectivity index (χ0) is 10.9. The van der Waals surface area contributed by atoms with Crippen LogP contribution in [0.4, 0.5) is 4.39 Å². The second-order valence-electron chi connectivity index (χ2n) is 3.78. The number of carbonyl (C=O) groups is 1. The normalized spacial score (nSPS) is 17.2. The Hall–Kier alpha value is -1.49. The molecule has 2 rings (SSSR count). The molecule has 5 heteroatoms. The molecule has 1 heterocycles. The molecule has 0 saturated heterocycles. The molecule has 0 unspecified atom stereocenters. The number of hydrogen-bond donors (Lipinski definition) is 2. The van der Waals surface area contributed by atoms with Gasteiger partial charge in [-0.05, 0) is 18.9 Å². The van der Waals surface area contributed by atoms with Gasteiger partial charge in [0.15, 0.2) is 0 Å². The standard InChI is InChI=1S/C10H11FN2O2/c11-8-3-7(4-12-5-8)9(15)13-10(6-14)1-2-10/h3-5,14H,1-2,6H2,(H,13,15). The molecule has 80 valence electrons. The smallest absolute Gasteiger partial charge is 0.253 e. The molecule has 15 heavy (non-hydrogen) atoms. The van der Waals surface area contributed by atoms with E-state index in [-0.39, 0.29) is 12.2 Å². The molecular weight excluding hydrogens is 199 g/mol. The molecule has 1 aromatic heterocycles. The Kier molecular flexibility index (Phi) is 2.40. The number of amides is 1. The van der Waals surface area contributed by atoms with Gasteiger partial charge in [-0.25, -0.2) is 4.39 Å². The second kappa shape index (κ2) is 3.58. The fourth-order valence-corrected chi connectivity index (χ4v) is 1.32. The molecule has 0 aliphatic heterocycles. The van der Waals surface area contributed by atoms with Crippen LogP contribution in [0.2, 0.25) is 0 Å². The summed E-state index contributed by atoms with van der Waals surface area (Å²) in [6.45, 7) is -0.0819. The minimum atomic E-state index is -0.545. The Morgan fingerprint density at radius 3 is 2.87 bits per heavy atom. The summed E-state index contributed by atoms with van der Waals surface area (Å²) in [4.78, 5) is 15.2. The van der Waals surface area contributed by atoms with Crippen molar-refractivity contribution in [2.75, 3.05) is 6.61 Å². The maximum atomic E-state index is 12.8. The first-order valence-electron chi connectivity index (χ1n) is 4.69. The summed E-state index contributed by atoms with van der Waals surface area (Å²) in [7, 11) is 0. The van der Waals surface area contributed by atoms with Gasteiger partial charge in [0.25, 0.3) is 5.91 Å². The van der Waals surface area contributed by atoms with E-state index in [0.717, 1.165) is 25.1 Å². The highest BCUT2D eigenvalue weighted by Gasteiger charge is 2.43. The van der Waals surface area contributed by atoms with Crippen molar-refractivity contribution in [2.45, 2.75) is 18.4 Å². The molecule has 1 saturated carbocycles. The molecule has 0 radical (unpaired) electrons. The highest BCUT2D eigenvalue weighted by atomic mass is 19.1. The van der Waals surface area contributed by atoms with Crippen LogP contribution in [0.5, 0.6) is 0 Å². The SMILES string of the molecule is O=C(NC1(CO)CC1)c1cncc(F)c1. The summed E-state index contributed by atoms with van der Waals surface area (Å²) in [5.74, 6) is -0.940. The van der Waals surface area contributed by atoms with Gasteiger partial charge in [0, 0.05) is 6.20 Å². The van der Waals surface area contributed by atoms with Gasteiger partial charge in [-0.1, -0.05) is 0 Å². The summed E-state index contributed by atoms with van der Waals surface area (Å²) < 4.78 is 12.8. The number of aliphatic hydroxyl groups is 1. The van der Waals surface area contributed by atoms with Crippen LogP contribution in [0.3, 0.4) is 0 Å². The van der Waals surface area contributed by atoms with Crippen molar-refractivity contribution in [1.29, 1.82) is 0 Å². The van der Waals surface area contributed by atoms with Crippen molar-refractivity contribution in [1.82, 2.24) is 10.3 Å². The fourth-order valence-electron chi connectivity index (χ4n) is 1.32. The lowest BCUT2D eigenvalue weighted by molar-refractivity contribution is 0.0906. The molecule has 0 aromatic carbocycles. The fraction of sp³-hybridized carbons (Fsp3) is 0.400. The van der Waals surface area contributed by atoms with E-state index in [4.69, 9.17) is 5.11 Å². The first-order valence-corrected chi connectivity index (χ1v) is 4.69. The zero-order valence-electron chi connectivity index (χ0n) is 8.03. The van der Waals surface area contributed by atoms with Crippen LogP contribution < -0.4 is 5.32 Å². The number of rotatable bonds is 3. The zero-order valence-corrected chi connectivity index (χ0v) is 8.03.